The fourth-order valence-electron chi connectivity index (χ4n) is 3.91. The number of carbonyl (C=O) groups excluding carboxylic acids is 1. The summed E-state index contributed by atoms with van der Waals surface area (Å²) in [6, 6.07) is 0.426. The van der Waals surface area contributed by atoms with Crippen molar-refractivity contribution in [2.24, 2.45) is 0 Å². The third kappa shape index (κ3) is 1.69. The maximum Gasteiger partial charge on any atom is 0.244 e. The zero-order valence-electron chi connectivity index (χ0n) is 10.9. The number of rotatable bonds is 1. The van der Waals surface area contributed by atoms with Crippen LogP contribution in [0.25, 0.3) is 0 Å². The minimum atomic E-state index is -0.194. The first-order valence-electron chi connectivity index (χ1n) is 6.91. The van der Waals surface area contributed by atoms with Gasteiger partial charge < -0.3 is 9.80 Å². The van der Waals surface area contributed by atoms with E-state index in [4.69, 9.17) is 0 Å². The molecule has 4 nitrogen and oxygen atoms in total. The van der Waals surface area contributed by atoms with E-state index in [0.717, 1.165) is 32.4 Å². The molecule has 1 saturated carbocycles. The van der Waals surface area contributed by atoms with Gasteiger partial charge in [0.2, 0.25) is 5.91 Å². The van der Waals surface area contributed by atoms with Crippen LogP contribution in [0, 0.1) is 0 Å². The van der Waals surface area contributed by atoms with E-state index >= 15 is 0 Å². The molecule has 0 aromatic heterocycles. The van der Waals surface area contributed by atoms with E-state index in [-0.39, 0.29) is 11.7 Å². The lowest BCUT2D eigenvalue weighted by Crippen LogP contribution is -2.46. The van der Waals surface area contributed by atoms with Crippen LogP contribution in [0.3, 0.4) is 0 Å². The molecule has 2 saturated heterocycles. The molecule has 1 amide bonds. The average molecular weight is 237 g/mol. The summed E-state index contributed by atoms with van der Waals surface area (Å²) < 4.78 is 0. The van der Waals surface area contributed by atoms with Gasteiger partial charge in [-0.2, -0.15) is 0 Å². The molecule has 0 bridgehead atoms. The van der Waals surface area contributed by atoms with Gasteiger partial charge in [0.15, 0.2) is 0 Å². The van der Waals surface area contributed by atoms with Gasteiger partial charge in [-0.15, -0.1) is 0 Å². The Morgan fingerprint density at radius 3 is 2.65 bits per heavy atom. The molecule has 4 heteroatoms. The lowest BCUT2D eigenvalue weighted by molar-refractivity contribution is -0.134. The first-order valence-corrected chi connectivity index (χ1v) is 6.91. The van der Waals surface area contributed by atoms with Crippen LogP contribution in [0.2, 0.25) is 0 Å². The molecule has 1 N–H and O–H groups in total. The lowest BCUT2D eigenvalue weighted by atomic mass is 9.97. The second-order valence-corrected chi connectivity index (χ2v) is 6.03. The first-order chi connectivity index (χ1) is 8.12. The summed E-state index contributed by atoms with van der Waals surface area (Å²) in [6.07, 6.45) is 5.82. The number of hydrogen-bond donors (Lipinski definition) is 1. The van der Waals surface area contributed by atoms with Crippen molar-refractivity contribution in [3.8, 4) is 0 Å². The number of hydrogen-bond acceptors (Lipinski definition) is 3. The smallest absolute Gasteiger partial charge is 0.244 e. The van der Waals surface area contributed by atoms with Crippen LogP contribution in [-0.2, 0) is 4.79 Å². The summed E-state index contributed by atoms with van der Waals surface area (Å²) in [5.41, 5.74) is -0.194. The monoisotopic (exact) mass is 237 g/mol. The van der Waals surface area contributed by atoms with Crippen molar-refractivity contribution in [3.05, 3.63) is 0 Å². The molecular formula is C13H23N3O. The standard InChI is InChI=1S/C13H23N3O/c1-10-14-13(6-3-4-7-13)12(17)16(10)11-5-8-15(2)9-11/h10-11,14H,3-9H2,1-2H3. The number of nitrogens with zero attached hydrogens (tertiary/aromatic N) is 2. The molecule has 2 atom stereocenters. The number of carbonyl (C=O) groups is 1. The number of nitrogens with one attached hydrogen (secondary N) is 1. The fourth-order valence-corrected chi connectivity index (χ4v) is 3.91. The molecular weight excluding hydrogens is 214 g/mol. The Morgan fingerprint density at radius 2 is 2.06 bits per heavy atom. The second kappa shape index (κ2) is 3.95. The van der Waals surface area contributed by atoms with Crippen molar-refractivity contribution in [1.29, 1.82) is 0 Å². The predicted octanol–water partition coefficient (Wildman–Crippen LogP) is 0.781. The average Bonchev–Trinajstić information content (AvgIpc) is 2.93. The van der Waals surface area contributed by atoms with E-state index < -0.39 is 0 Å². The Labute approximate surface area is 103 Å². The van der Waals surface area contributed by atoms with Crippen molar-refractivity contribution in [2.75, 3.05) is 20.1 Å². The molecule has 1 spiro atoms. The molecule has 0 aromatic rings. The van der Waals surface area contributed by atoms with Gasteiger partial charge in [0.25, 0.3) is 0 Å². The van der Waals surface area contributed by atoms with Crippen molar-refractivity contribution >= 4 is 5.91 Å². The summed E-state index contributed by atoms with van der Waals surface area (Å²) in [5.74, 6) is 0.378. The Morgan fingerprint density at radius 1 is 1.35 bits per heavy atom. The topological polar surface area (TPSA) is 35.6 Å². The fraction of sp³-hybridized carbons (Fsp3) is 0.923. The summed E-state index contributed by atoms with van der Waals surface area (Å²) >= 11 is 0. The van der Waals surface area contributed by atoms with Gasteiger partial charge in [0.05, 0.1) is 11.7 Å². The van der Waals surface area contributed by atoms with E-state index in [1.165, 1.54) is 12.8 Å². The number of likely N-dealkylation sites (N-methyl/N-ethyl adjacent to an activating group) is 1. The minimum Gasteiger partial charge on any atom is -0.322 e. The van der Waals surface area contributed by atoms with Crippen LogP contribution in [-0.4, -0.2) is 53.6 Å². The van der Waals surface area contributed by atoms with E-state index in [1.54, 1.807) is 0 Å². The van der Waals surface area contributed by atoms with Gasteiger partial charge in [-0.1, -0.05) is 12.8 Å². The zero-order chi connectivity index (χ0) is 12.0. The van der Waals surface area contributed by atoms with Gasteiger partial charge in [-0.25, -0.2) is 0 Å². The second-order valence-electron chi connectivity index (χ2n) is 6.03. The molecule has 2 unspecified atom stereocenters. The van der Waals surface area contributed by atoms with Gasteiger partial charge in [0, 0.05) is 12.6 Å². The third-order valence-corrected chi connectivity index (χ3v) is 4.76. The Hall–Kier alpha value is -0.610. The molecule has 3 fully saturated rings. The SMILES string of the molecule is CC1NC2(CCCC2)C(=O)N1C1CCN(C)C1. The summed E-state index contributed by atoms with van der Waals surface area (Å²) in [5, 5.41) is 3.58. The van der Waals surface area contributed by atoms with Crippen molar-refractivity contribution < 1.29 is 4.79 Å². The highest BCUT2D eigenvalue weighted by Crippen LogP contribution is 2.37. The molecule has 2 aliphatic heterocycles. The Balaban J connectivity index is 1.79. The Kier molecular flexibility index (Phi) is 2.67. The lowest BCUT2D eigenvalue weighted by Gasteiger charge is -2.28. The van der Waals surface area contributed by atoms with Crippen molar-refractivity contribution in [1.82, 2.24) is 15.1 Å². The van der Waals surface area contributed by atoms with E-state index in [9.17, 15) is 4.79 Å². The first kappa shape index (κ1) is 11.5. The highest BCUT2D eigenvalue weighted by Gasteiger charge is 2.53. The minimum absolute atomic E-state index is 0.194. The molecule has 0 radical (unpaired) electrons. The van der Waals surface area contributed by atoms with Crippen LogP contribution in [0.1, 0.15) is 39.0 Å². The number of likely N-dealkylation sites (tertiary alicyclic amines) is 1. The van der Waals surface area contributed by atoms with Crippen molar-refractivity contribution in [2.45, 2.75) is 56.8 Å². The maximum absolute atomic E-state index is 12.7. The quantitative estimate of drug-likeness (QED) is 0.732. The van der Waals surface area contributed by atoms with Crippen molar-refractivity contribution in [3.63, 3.8) is 0 Å². The molecule has 17 heavy (non-hydrogen) atoms. The maximum atomic E-state index is 12.7. The number of amides is 1. The summed E-state index contributed by atoms with van der Waals surface area (Å²) in [6.45, 7) is 4.30. The third-order valence-electron chi connectivity index (χ3n) is 4.76. The van der Waals surface area contributed by atoms with Crippen LogP contribution in [0.4, 0.5) is 0 Å². The molecule has 3 aliphatic rings. The molecule has 1 aliphatic carbocycles. The Bertz CT molecular complexity index is 325. The highest BCUT2D eigenvalue weighted by atomic mass is 16.2. The highest BCUT2D eigenvalue weighted by molar-refractivity contribution is 5.89. The van der Waals surface area contributed by atoms with Crippen LogP contribution in [0.15, 0.2) is 0 Å². The molecule has 2 heterocycles. The molecule has 0 aromatic carbocycles. The van der Waals surface area contributed by atoms with Gasteiger partial charge in [-0.3, -0.25) is 10.1 Å². The molecule has 96 valence electrons. The van der Waals surface area contributed by atoms with E-state index in [0.29, 0.717) is 11.9 Å². The van der Waals surface area contributed by atoms with Crippen LogP contribution < -0.4 is 5.32 Å². The summed E-state index contributed by atoms with van der Waals surface area (Å²) in [7, 11) is 2.14. The summed E-state index contributed by atoms with van der Waals surface area (Å²) in [4.78, 5) is 17.1. The van der Waals surface area contributed by atoms with Crippen LogP contribution >= 0.6 is 0 Å². The van der Waals surface area contributed by atoms with Gasteiger partial charge >= 0.3 is 0 Å². The van der Waals surface area contributed by atoms with Crippen LogP contribution in [0.5, 0.6) is 0 Å². The van der Waals surface area contributed by atoms with E-state index in [2.05, 4.69) is 29.1 Å². The van der Waals surface area contributed by atoms with E-state index in [1.807, 2.05) is 0 Å². The predicted molar refractivity (Wildman–Crippen MR) is 66.5 cm³/mol. The molecule has 3 rings (SSSR count). The normalized spacial score (nSPS) is 37.5. The largest absolute Gasteiger partial charge is 0.322 e. The van der Waals surface area contributed by atoms with Gasteiger partial charge in [0.1, 0.15) is 0 Å². The zero-order valence-corrected chi connectivity index (χ0v) is 10.9. The van der Waals surface area contributed by atoms with Gasteiger partial charge in [-0.05, 0) is 39.8 Å².